The van der Waals surface area contributed by atoms with Crippen LogP contribution in [0.2, 0.25) is 0 Å². The molecule has 0 unspecified atom stereocenters. The Balaban J connectivity index is 1.76. The monoisotopic (exact) mass is 376 g/mol. The Bertz CT molecular complexity index is 608. The molecule has 1 saturated heterocycles. The van der Waals surface area contributed by atoms with Gasteiger partial charge in [-0.05, 0) is 37.3 Å². The van der Waals surface area contributed by atoms with E-state index in [1.165, 1.54) is 10.5 Å². The van der Waals surface area contributed by atoms with Crippen LogP contribution in [0.5, 0.6) is 0 Å². The van der Waals surface area contributed by atoms with Gasteiger partial charge in [-0.2, -0.15) is 0 Å². The van der Waals surface area contributed by atoms with Gasteiger partial charge in [-0.1, -0.05) is 38.1 Å². The van der Waals surface area contributed by atoms with Gasteiger partial charge in [0.2, 0.25) is 0 Å². The van der Waals surface area contributed by atoms with Crippen LogP contribution in [0.1, 0.15) is 44.9 Å². The molecule has 1 heterocycles. The third kappa shape index (κ3) is 6.86. The number of quaternary nitrogens is 1. The zero-order valence-corrected chi connectivity index (χ0v) is 17.1. The van der Waals surface area contributed by atoms with Crippen molar-refractivity contribution >= 4 is 12.0 Å². The van der Waals surface area contributed by atoms with Crippen molar-refractivity contribution in [3.63, 3.8) is 0 Å². The minimum atomic E-state index is -0.254. The van der Waals surface area contributed by atoms with E-state index in [4.69, 9.17) is 4.74 Å². The predicted molar refractivity (Wildman–Crippen MR) is 106 cm³/mol. The number of benzene rings is 1. The van der Waals surface area contributed by atoms with Gasteiger partial charge in [-0.3, -0.25) is 9.69 Å². The van der Waals surface area contributed by atoms with Gasteiger partial charge in [0.25, 0.3) is 5.91 Å². The summed E-state index contributed by atoms with van der Waals surface area (Å²) in [6.45, 7) is 11.9. The lowest BCUT2D eigenvalue weighted by molar-refractivity contribution is -0.896. The molecule has 2 rings (SSSR count). The highest BCUT2D eigenvalue weighted by molar-refractivity contribution is 5.77. The van der Waals surface area contributed by atoms with Crippen molar-refractivity contribution in [3.05, 3.63) is 35.4 Å². The summed E-state index contributed by atoms with van der Waals surface area (Å²) >= 11 is 0. The number of carbonyl (C=O) groups is 2. The Morgan fingerprint density at radius 3 is 2.33 bits per heavy atom. The minimum Gasteiger partial charge on any atom is -0.450 e. The van der Waals surface area contributed by atoms with Gasteiger partial charge in [-0.25, -0.2) is 4.79 Å². The number of amides is 2. The highest BCUT2D eigenvalue weighted by Gasteiger charge is 2.26. The minimum absolute atomic E-state index is 0.00850. The van der Waals surface area contributed by atoms with E-state index in [0.29, 0.717) is 32.2 Å². The second-order valence-electron chi connectivity index (χ2n) is 7.74. The van der Waals surface area contributed by atoms with Gasteiger partial charge >= 0.3 is 6.09 Å². The van der Waals surface area contributed by atoms with Crippen molar-refractivity contribution in [2.75, 3.05) is 39.3 Å². The molecule has 1 aliphatic rings. The molecule has 27 heavy (non-hydrogen) atoms. The number of piperazine rings is 1. The molecule has 1 aliphatic heterocycles. The van der Waals surface area contributed by atoms with Gasteiger partial charge in [0.05, 0.1) is 38.8 Å². The maximum absolute atomic E-state index is 12.4. The normalized spacial score (nSPS) is 16.3. The second-order valence-corrected chi connectivity index (χ2v) is 7.74. The van der Waals surface area contributed by atoms with Crippen LogP contribution in [0.3, 0.4) is 0 Å². The molecule has 6 nitrogen and oxygen atoms in total. The first-order valence-electron chi connectivity index (χ1n) is 10.0. The third-order valence-electron chi connectivity index (χ3n) is 4.91. The van der Waals surface area contributed by atoms with Gasteiger partial charge < -0.3 is 15.0 Å². The van der Waals surface area contributed by atoms with Gasteiger partial charge in [0.15, 0.2) is 6.54 Å². The van der Waals surface area contributed by atoms with Crippen molar-refractivity contribution in [1.82, 2.24) is 10.2 Å². The Labute approximate surface area is 162 Å². The van der Waals surface area contributed by atoms with Crippen LogP contribution in [0.25, 0.3) is 0 Å². The lowest BCUT2D eigenvalue weighted by atomic mass is 10.00. The fourth-order valence-electron chi connectivity index (χ4n) is 3.41. The quantitative estimate of drug-likeness (QED) is 0.757. The van der Waals surface area contributed by atoms with Crippen LogP contribution in [0.15, 0.2) is 24.3 Å². The molecule has 6 heteroatoms. The average molecular weight is 377 g/mol. The number of hydrogen-bond acceptors (Lipinski definition) is 3. The van der Waals surface area contributed by atoms with E-state index in [-0.39, 0.29) is 18.0 Å². The largest absolute Gasteiger partial charge is 0.450 e. The molecule has 0 radical (unpaired) electrons. The van der Waals surface area contributed by atoms with E-state index in [0.717, 1.165) is 25.1 Å². The number of rotatable bonds is 7. The van der Waals surface area contributed by atoms with Gasteiger partial charge in [0.1, 0.15) is 0 Å². The fraction of sp³-hybridized carbons (Fsp3) is 0.619. The highest BCUT2D eigenvalue weighted by Crippen LogP contribution is 2.15. The van der Waals surface area contributed by atoms with E-state index in [9.17, 15) is 9.59 Å². The predicted octanol–water partition coefficient (Wildman–Crippen LogP) is 1.42. The zero-order chi connectivity index (χ0) is 19.8. The molecule has 0 spiro atoms. The maximum atomic E-state index is 12.4. The van der Waals surface area contributed by atoms with E-state index in [1.54, 1.807) is 4.90 Å². The molecule has 0 aromatic heterocycles. The summed E-state index contributed by atoms with van der Waals surface area (Å²) in [6, 6.07) is 8.50. The molecule has 1 aromatic carbocycles. The molecular formula is C21H34N3O3+. The summed E-state index contributed by atoms with van der Waals surface area (Å²) in [5, 5.41) is 3.09. The van der Waals surface area contributed by atoms with Crippen LogP contribution in [-0.2, 0) is 16.0 Å². The first kappa shape index (κ1) is 21.2. The number of carbonyl (C=O) groups excluding carboxylic acids is 2. The Hall–Kier alpha value is -2.08. The van der Waals surface area contributed by atoms with Crippen molar-refractivity contribution in [3.8, 4) is 0 Å². The molecule has 0 saturated carbocycles. The zero-order valence-electron chi connectivity index (χ0n) is 17.1. The summed E-state index contributed by atoms with van der Waals surface area (Å²) < 4.78 is 5.03. The lowest BCUT2D eigenvalue weighted by Gasteiger charge is -2.31. The molecule has 1 fully saturated rings. The molecule has 0 aliphatic carbocycles. The third-order valence-corrected chi connectivity index (χ3v) is 4.91. The smallest absolute Gasteiger partial charge is 0.410 e. The molecule has 2 N–H and O–H groups in total. The summed E-state index contributed by atoms with van der Waals surface area (Å²) in [5.41, 5.74) is 2.45. The first-order chi connectivity index (χ1) is 12.9. The average Bonchev–Trinajstić information content (AvgIpc) is 2.62. The van der Waals surface area contributed by atoms with Crippen molar-refractivity contribution in [1.29, 1.82) is 0 Å². The number of hydrogen-bond donors (Lipinski definition) is 2. The number of nitrogens with zero attached hydrogens (tertiary/aromatic N) is 1. The molecule has 1 atom stereocenters. The van der Waals surface area contributed by atoms with Crippen LogP contribution >= 0.6 is 0 Å². The van der Waals surface area contributed by atoms with Crippen molar-refractivity contribution in [2.45, 2.75) is 40.2 Å². The Morgan fingerprint density at radius 1 is 1.15 bits per heavy atom. The number of nitrogens with one attached hydrogen (secondary N) is 2. The fourth-order valence-corrected chi connectivity index (χ4v) is 3.41. The molecule has 2 amide bonds. The van der Waals surface area contributed by atoms with Crippen LogP contribution in [-0.4, -0.2) is 56.2 Å². The van der Waals surface area contributed by atoms with Crippen LogP contribution < -0.4 is 10.2 Å². The molecular weight excluding hydrogens is 342 g/mol. The Morgan fingerprint density at radius 2 is 1.78 bits per heavy atom. The van der Waals surface area contributed by atoms with Gasteiger partial charge in [0, 0.05) is 0 Å². The lowest BCUT2D eigenvalue weighted by Crippen LogP contribution is -3.15. The van der Waals surface area contributed by atoms with E-state index < -0.39 is 0 Å². The highest BCUT2D eigenvalue weighted by atomic mass is 16.6. The topological polar surface area (TPSA) is 63.1 Å². The van der Waals surface area contributed by atoms with Crippen molar-refractivity contribution < 1.29 is 19.2 Å². The summed E-state index contributed by atoms with van der Waals surface area (Å²) in [7, 11) is 0. The molecule has 1 aromatic rings. The second kappa shape index (κ2) is 10.3. The molecule has 0 bridgehead atoms. The van der Waals surface area contributed by atoms with E-state index in [2.05, 4.69) is 43.4 Å². The number of ether oxygens (including phenoxy) is 1. The standard InChI is InChI=1S/C21H33N3O3/c1-5-27-21(26)24-12-10-23(11-13-24)15-20(25)22-17(4)19-8-6-18(7-9-19)14-16(2)3/h6-9,16-17H,5,10-15H2,1-4H3,(H,22,25)/p+1/t17-/m1/s1. The van der Waals surface area contributed by atoms with E-state index >= 15 is 0 Å². The maximum Gasteiger partial charge on any atom is 0.410 e. The summed E-state index contributed by atoms with van der Waals surface area (Å²) in [6.07, 6.45) is 0.817. The Kier molecular flexibility index (Phi) is 8.10. The van der Waals surface area contributed by atoms with Crippen LogP contribution in [0.4, 0.5) is 4.79 Å². The van der Waals surface area contributed by atoms with Crippen LogP contribution in [0, 0.1) is 5.92 Å². The van der Waals surface area contributed by atoms with Gasteiger partial charge in [-0.15, -0.1) is 0 Å². The summed E-state index contributed by atoms with van der Waals surface area (Å²) in [5.74, 6) is 0.689. The SMILES string of the molecule is CCOC(=O)N1CC[NH+](CC(=O)N[C@H](C)c2ccc(CC(C)C)cc2)CC1. The van der Waals surface area contributed by atoms with E-state index in [1.807, 2.05) is 13.8 Å². The summed E-state index contributed by atoms with van der Waals surface area (Å²) in [4.78, 5) is 27.0. The van der Waals surface area contributed by atoms with Crippen molar-refractivity contribution in [2.24, 2.45) is 5.92 Å². The first-order valence-corrected chi connectivity index (χ1v) is 10.0. The molecule has 150 valence electrons.